The molecule has 0 aliphatic rings. The molecule has 0 bridgehead atoms. The summed E-state index contributed by atoms with van der Waals surface area (Å²) in [5.74, 6) is 0.545. The number of hydrogen-bond donors (Lipinski definition) is 1. The molecular weight excluding hydrogens is 276 g/mol. The van der Waals surface area contributed by atoms with Gasteiger partial charge in [-0.3, -0.25) is 4.68 Å². The van der Waals surface area contributed by atoms with E-state index in [9.17, 15) is 5.11 Å². The highest BCUT2D eigenvalue weighted by Gasteiger charge is 2.23. The van der Waals surface area contributed by atoms with Crippen LogP contribution in [0.1, 0.15) is 17.4 Å². The normalized spacial score (nSPS) is 12.8. The molecule has 0 amide bonds. The summed E-state index contributed by atoms with van der Waals surface area (Å²) in [6, 6.07) is 1.70. The summed E-state index contributed by atoms with van der Waals surface area (Å²) in [4.78, 5) is 0. The van der Waals surface area contributed by atoms with Crippen LogP contribution in [-0.4, -0.2) is 22.0 Å². The molecule has 1 N–H and O–H groups in total. The lowest BCUT2D eigenvalue weighted by Gasteiger charge is -2.11. The smallest absolute Gasteiger partial charge is 0.175 e. The summed E-state index contributed by atoms with van der Waals surface area (Å²) in [6.07, 6.45) is 2.23. The van der Waals surface area contributed by atoms with Gasteiger partial charge in [0.2, 0.25) is 0 Å². The van der Waals surface area contributed by atoms with Crippen molar-refractivity contribution in [2.24, 2.45) is 7.05 Å². The number of nitrogens with zero attached hydrogens (tertiary/aromatic N) is 2. The standard InChI is InChI=1S/C10H11BrN2O3/c1-13-8(7(15-2)5-12-13)9(14)6-3-4-16-10(6)11/h3-5,9,14H,1-2H3. The molecular formula is C10H11BrN2O3. The first kappa shape index (κ1) is 11.2. The highest BCUT2D eigenvalue weighted by atomic mass is 79.9. The molecule has 16 heavy (non-hydrogen) atoms. The second-order valence-corrected chi connectivity index (χ2v) is 3.99. The minimum Gasteiger partial charge on any atom is -0.493 e. The first-order valence-corrected chi connectivity index (χ1v) is 5.41. The van der Waals surface area contributed by atoms with Crippen molar-refractivity contribution in [3.63, 3.8) is 0 Å². The zero-order valence-electron chi connectivity index (χ0n) is 8.85. The van der Waals surface area contributed by atoms with E-state index in [4.69, 9.17) is 9.15 Å². The number of aromatic nitrogens is 2. The van der Waals surface area contributed by atoms with Crippen LogP contribution in [0.4, 0.5) is 0 Å². The van der Waals surface area contributed by atoms with Crippen molar-refractivity contribution in [2.45, 2.75) is 6.10 Å². The van der Waals surface area contributed by atoms with Gasteiger partial charge in [-0.2, -0.15) is 5.10 Å². The van der Waals surface area contributed by atoms with Crippen molar-refractivity contribution in [3.8, 4) is 5.75 Å². The van der Waals surface area contributed by atoms with E-state index in [0.717, 1.165) is 0 Å². The topological polar surface area (TPSA) is 60.4 Å². The lowest BCUT2D eigenvalue weighted by molar-refractivity contribution is 0.202. The van der Waals surface area contributed by atoms with Gasteiger partial charge in [-0.25, -0.2) is 0 Å². The Labute approximate surface area is 101 Å². The van der Waals surface area contributed by atoms with Crippen LogP contribution in [0.25, 0.3) is 0 Å². The molecule has 2 rings (SSSR count). The zero-order chi connectivity index (χ0) is 11.7. The Hall–Kier alpha value is -1.27. The van der Waals surface area contributed by atoms with E-state index in [1.807, 2.05) is 0 Å². The fourth-order valence-electron chi connectivity index (χ4n) is 1.54. The van der Waals surface area contributed by atoms with Crippen molar-refractivity contribution < 1.29 is 14.3 Å². The Balaban J connectivity index is 2.44. The van der Waals surface area contributed by atoms with Gasteiger partial charge in [0.1, 0.15) is 11.8 Å². The molecule has 1 unspecified atom stereocenters. The highest BCUT2D eigenvalue weighted by molar-refractivity contribution is 9.10. The van der Waals surface area contributed by atoms with Crippen LogP contribution in [0.2, 0.25) is 0 Å². The van der Waals surface area contributed by atoms with Crippen LogP contribution in [0, 0.1) is 0 Å². The molecule has 0 saturated heterocycles. The molecule has 86 valence electrons. The predicted molar refractivity (Wildman–Crippen MR) is 60.2 cm³/mol. The summed E-state index contributed by atoms with van der Waals surface area (Å²) in [7, 11) is 3.28. The van der Waals surface area contributed by atoms with Crippen LogP contribution < -0.4 is 4.74 Å². The number of aliphatic hydroxyl groups is 1. The van der Waals surface area contributed by atoms with Gasteiger partial charge in [-0.15, -0.1) is 0 Å². The van der Waals surface area contributed by atoms with E-state index in [1.165, 1.54) is 13.4 Å². The zero-order valence-corrected chi connectivity index (χ0v) is 10.4. The summed E-state index contributed by atoms with van der Waals surface area (Å²) in [5, 5.41) is 14.2. The molecule has 0 aliphatic carbocycles. The number of rotatable bonds is 3. The van der Waals surface area contributed by atoms with Crippen molar-refractivity contribution in [1.82, 2.24) is 9.78 Å². The van der Waals surface area contributed by atoms with E-state index in [1.54, 1.807) is 24.0 Å². The number of aryl methyl sites for hydroxylation is 1. The minimum atomic E-state index is -0.837. The average Bonchev–Trinajstić information content (AvgIpc) is 2.83. The van der Waals surface area contributed by atoms with Crippen molar-refractivity contribution in [1.29, 1.82) is 0 Å². The number of methoxy groups -OCH3 is 1. The first-order chi connectivity index (χ1) is 7.65. The van der Waals surface area contributed by atoms with Crippen molar-refractivity contribution in [2.75, 3.05) is 7.11 Å². The largest absolute Gasteiger partial charge is 0.493 e. The van der Waals surface area contributed by atoms with Gasteiger partial charge in [0.15, 0.2) is 10.4 Å². The van der Waals surface area contributed by atoms with E-state index >= 15 is 0 Å². The molecule has 2 aromatic rings. The Morgan fingerprint density at radius 1 is 1.62 bits per heavy atom. The second-order valence-electron chi connectivity index (χ2n) is 3.27. The molecule has 0 radical (unpaired) electrons. The van der Waals surface area contributed by atoms with Crippen LogP contribution in [0.5, 0.6) is 5.75 Å². The van der Waals surface area contributed by atoms with Crippen molar-refractivity contribution in [3.05, 3.63) is 34.5 Å². The SMILES string of the molecule is COc1cnn(C)c1C(O)c1ccoc1Br. The minimum absolute atomic E-state index is 0.503. The van der Waals surface area contributed by atoms with Gasteiger partial charge < -0.3 is 14.3 Å². The summed E-state index contributed by atoms with van der Waals surface area (Å²) < 4.78 is 12.3. The highest BCUT2D eigenvalue weighted by Crippen LogP contribution is 2.33. The number of ether oxygens (including phenoxy) is 1. The van der Waals surface area contributed by atoms with Gasteiger partial charge in [-0.1, -0.05) is 0 Å². The van der Waals surface area contributed by atoms with Crippen LogP contribution in [0.3, 0.4) is 0 Å². The maximum Gasteiger partial charge on any atom is 0.175 e. The van der Waals surface area contributed by atoms with Gasteiger partial charge in [0.05, 0.1) is 19.6 Å². The summed E-state index contributed by atoms with van der Waals surface area (Å²) in [6.45, 7) is 0. The number of hydrogen-bond acceptors (Lipinski definition) is 4. The second kappa shape index (κ2) is 4.31. The van der Waals surface area contributed by atoms with Crippen LogP contribution >= 0.6 is 15.9 Å². The Morgan fingerprint density at radius 2 is 2.38 bits per heavy atom. The van der Waals surface area contributed by atoms with Crippen LogP contribution in [-0.2, 0) is 7.05 Å². The maximum absolute atomic E-state index is 10.2. The molecule has 0 fully saturated rings. The third-order valence-corrected chi connectivity index (χ3v) is 3.01. The lowest BCUT2D eigenvalue weighted by atomic mass is 10.1. The number of halogens is 1. The Morgan fingerprint density at radius 3 is 2.94 bits per heavy atom. The van der Waals surface area contributed by atoms with E-state index in [-0.39, 0.29) is 0 Å². The molecule has 5 nitrogen and oxygen atoms in total. The summed E-state index contributed by atoms with van der Waals surface area (Å²) in [5.41, 5.74) is 1.23. The molecule has 1 atom stereocenters. The molecule has 0 spiro atoms. The fraction of sp³-hybridized carbons (Fsp3) is 0.300. The Bertz CT molecular complexity index is 492. The van der Waals surface area contributed by atoms with E-state index in [2.05, 4.69) is 21.0 Å². The third-order valence-electron chi connectivity index (χ3n) is 2.37. The monoisotopic (exact) mass is 286 g/mol. The lowest BCUT2D eigenvalue weighted by Crippen LogP contribution is -2.07. The maximum atomic E-state index is 10.2. The van der Waals surface area contributed by atoms with Gasteiger partial charge in [0, 0.05) is 12.6 Å². The molecule has 0 saturated carbocycles. The van der Waals surface area contributed by atoms with Gasteiger partial charge in [-0.05, 0) is 22.0 Å². The average molecular weight is 287 g/mol. The van der Waals surface area contributed by atoms with E-state index < -0.39 is 6.10 Å². The summed E-state index contributed by atoms with van der Waals surface area (Å²) >= 11 is 3.23. The Kier molecular flexibility index (Phi) is 3.02. The molecule has 2 heterocycles. The third kappa shape index (κ3) is 1.74. The quantitative estimate of drug-likeness (QED) is 0.936. The number of aliphatic hydroxyl groups excluding tert-OH is 1. The molecule has 0 aliphatic heterocycles. The molecule has 0 aromatic carbocycles. The fourth-order valence-corrected chi connectivity index (χ4v) is 2.00. The van der Waals surface area contributed by atoms with Crippen LogP contribution in [0.15, 0.2) is 27.6 Å². The van der Waals surface area contributed by atoms with Gasteiger partial charge in [0.25, 0.3) is 0 Å². The van der Waals surface area contributed by atoms with Crippen molar-refractivity contribution >= 4 is 15.9 Å². The molecule has 6 heteroatoms. The molecule has 2 aromatic heterocycles. The van der Waals surface area contributed by atoms with Gasteiger partial charge >= 0.3 is 0 Å². The predicted octanol–water partition coefficient (Wildman–Crippen LogP) is 1.87. The first-order valence-electron chi connectivity index (χ1n) is 4.62. The van der Waals surface area contributed by atoms with E-state index in [0.29, 0.717) is 21.7 Å². The number of furan rings is 1.